The smallest absolute Gasteiger partial charge is 0.291 e. The number of carbonyl (C=O) groups excluding carboxylic acids is 1. The Morgan fingerprint density at radius 2 is 1.94 bits per heavy atom. The molecule has 5 rings (SSSR count). The molecule has 1 atom stereocenters. The largest absolute Gasteiger partial charge is 0.497 e. The summed E-state index contributed by atoms with van der Waals surface area (Å²) in [6, 6.07) is 9.34. The van der Waals surface area contributed by atoms with Crippen molar-refractivity contribution >= 4 is 22.2 Å². The minimum atomic E-state index is -0.229. The van der Waals surface area contributed by atoms with Gasteiger partial charge in [0.15, 0.2) is 5.76 Å². The first kappa shape index (κ1) is 23.0. The SMILES string of the molecule is COc1ccc([C@H](c2c(NC(=O)c3ccco3)sc3c2CCCC3)N2CCOCC2)c(OC)c1. The number of ether oxygens (including phenoxy) is 3. The van der Waals surface area contributed by atoms with Crippen molar-refractivity contribution in [1.29, 1.82) is 0 Å². The van der Waals surface area contributed by atoms with Gasteiger partial charge >= 0.3 is 0 Å². The monoisotopic (exact) mass is 482 g/mol. The molecule has 2 aliphatic rings. The summed E-state index contributed by atoms with van der Waals surface area (Å²) in [7, 11) is 3.35. The molecule has 180 valence electrons. The number of morpholine rings is 1. The fraction of sp³-hybridized carbons (Fsp3) is 0.423. The third-order valence-electron chi connectivity index (χ3n) is 6.60. The lowest BCUT2D eigenvalue weighted by atomic mass is 9.88. The van der Waals surface area contributed by atoms with Crippen molar-refractivity contribution in [2.75, 3.05) is 45.8 Å². The summed E-state index contributed by atoms with van der Waals surface area (Å²) in [6.45, 7) is 2.96. The van der Waals surface area contributed by atoms with Gasteiger partial charge in [-0.2, -0.15) is 0 Å². The molecule has 3 aromatic rings. The van der Waals surface area contributed by atoms with Gasteiger partial charge in [0.25, 0.3) is 5.91 Å². The summed E-state index contributed by atoms with van der Waals surface area (Å²) < 4.78 is 22.3. The summed E-state index contributed by atoms with van der Waals surface area (Å²) in [6.07, 6.45) is 5.90. The number of nitrogens with one attached hydrogen (secondary N) is 1. The Kier molecular flexibility index (Phi) is 6.89. The number of thiophene rings is 1. The standard InChI is InChI=1S/C26H30N2O5S/c1-30-17-9-10-18(21(16-17)31-2)24(28-11-14-32-15-12-28)23-19-6-3-4-8-22(19)34-26(23)27-25(29)20-7-5-13-33-20/h5,7,9-10,13,16,24H,3-4,6,8,11-12,14-15H2,1-2H3,(H,27,29)/t24-/m1/s1. The first-order chi connectivity index (χ1) is 16.7. The maximum atomic E-state index is 13.0. The zero-order chi connectivity index (χ0) is 23.5. The number of furan rings is 1. The second-order valence-corrected chi connectivity index (χ2v) is 9.65. The van der Waals surface area contributed by atoms with Crippen molar-refractivity contribution < 1.29 is 23.4 Å². The van der Waals surface area contributed by atoms with Crippen molar-refractivity contribution in [3.8, 4) is 11.5 Å². The number of rotatable bonds is 7. The Balaban J connectivity index is 1.65. The van der Waals surface area contributed by atoms with Crippen molar-refractivity contribution in [3.63, 3.8) is 0 Å². The molecule has 1 aliphatic carbocycles. The third-order valence-corrected chi connectivity index (χ3v) is 7.83. The molecule has 1 saturated heterocycles. The minimum absolute atomic E-state index is 0.0743. The highest BCUT2D eigenvalue weighted by Gasteiger charge is 2.34. The fourth-order valence-electron chi connectivity index (χ4n) is 4.96. The second-order valence-electron chi connectivity index (χ2n) is 8.54. The summed E-state index contributed by atoms with van der Waals surface area (Å²) in [5.41, 5.74) is 3.59. The number of carbonyl (C=O) groups is 1. The second kappa shape index (κ2) is 10.2. The highest BCUT2D eigenvalue weighted by molar-refractivity contribution is 7.16. The highest BCUT2D eigenvalue weighted by Crippen LogP contribution is 2.47. The number of fused-ring (bicyclic) bond motifs is 1. The Morgan fingerprint density at radius 1 is 1.12 bits per heavy atom. The van der Waals surface area contributed by atoms with Gasteiger partial charge in [0.1, 0.15) is 16.5 Å². The fourth-order valence-corrected chi connectivity index (χ4v) is 6.28. The lowest BCUT2D eigenvalue weighted by Gasteiger charge is -2.36. The van der Waals surface area contributed by atoms with Gasteiger partial charge in [-0.25, -0.2) is 0 Å². The quantitative estimate of drug-likeness (QED) is 0.516. The topological polar surface area (TPSA) is 73.2 Å². The molecule has 0 spiro atoms. The van der Waals surface area contributed by atoms with E-state index in [4.69, 9.17) is 18.6 Å². The van der Waals surface area contributed by atoms with E-state index in [0.717, 1.165) is 54.4 Å². The molecule has 1 aliphatic heterocycles. The first-order valence-corrected chi connectivity index (χ1v) is 12.5. The average molecular weight is 483 g/mol. The zero-order valence-electron chi connectivity index (χ0n) is 19.6. The van der Waals surface area contributed by atoms with Gasteiger partial charge in [0.2, 0.25) is 0 Å². The molecule has 1 fully saturated rings. The number of methoxy groups -OCH3 is 2. The van der Waals surface area contributed by atoms with E-state index in [0.29, 0.717) is 19.0 Å². The number of aryl methyl sites for hydroxylation is 1. The lowest BCUT2D eigenvalue weighted by Crippen LogP contribution is -2.40. The van der Waals surface area contributed by atoms with Crippen LogP contribution in [0.1, 0.15) is 51.0 Å². The number of anilines is 1. The normalized spacial score (nSPS) is 17.1. The van der Waals surface area contributed by atoms with Gasteiger partial charge in [0.05, 0.1) is 39.7 Å². The van der Waals surface area contributed by atoms with E-state index in [2.05, 4.69) is 16.3 Å². The molecular formula is C26H30N2O5S. The van der Waals surface area contributed by atoms with Crippen LogP contribution in [-0.4, -0.2) is 51.3 Å². The maximum Gasteiger partial charge on any atom is 0.291 e. The van der Waals surface area contributed by atoms with Crippen molar-refractivity contribution in [2.24, 2.45) is 0 Å². The van der Waals surface area contributed by atoms with Crippen LogP contribution in [0.15, 0.2) is 41.0 Å². The van der Waals surface area contributed by atoms with E-state index in [1.807, 2.05) is 12.1 Å². The van der Waals surface area contributed by atoms with Crippen molar-refractivity contribution in [3.05, 3.63) is 63.9 Å². The van der Waals surface area contributed by atoms with E-state index < -0.39 is 0 Å². The lowest BCUT2D eigenvalue weighted by molar-refractivity contribution is 0.0235. The van der Waals surface area contributed by atoms with Gasteiger partial charge in [0, 0.05) is 35.2 Å². The predicted octanol–water partition coefficient (Wildman–Crippen LogP) is 4.91. The molecule has 34 heavy (non-hydrogen) atoms. The number of amides is 1. The number of benzene rings is 1. The molecule has 8 heteroatoms. The van der Waals surface area contributed by atoms with Gasteiger partial charge in [-0.1, -0.05) is 0 Å². The van der Waals surface area contributed by atoms with Gasteiger partial charge in [-0.3, -0.25) is 9.69 Å². The Hall–Kier alpha value is -2.81. The van der Waals surface area contributed by atoms with Crippen LogP contribution in [0.3, 0.4) is 0 Å². The molecule has 0 radical (unpaired) electrons. The molecule has 1 N–H and O–H groups in total. The molecule has 3 heterocycles. The van der Waals surface area contributed by atoms with E-state index in [1.165, 1.54) is 28.7 Å². The molecule has 0 unspecified atom stereocenters. The highest BCUT2D eigenvalue weighted by atomic mass is 32.1. The summed E-state index contributed by atoms with van der Waals surface area (Å²) in [5.74, 6) is 1.60. The first-order valence-electron chi connectivity index (χ1n) is 11.7. The van der Waals surface area contributed by atoms with Crippen LogP contribution in [0, 0.1) is 0 Å². The van der Waals surface area contributed by atoms with E-state index in [1.54, 1.807) is 37.7 Å². The Morgan fingerprint density at radius 3 is 2.68 bits per heavy atom. The van der Waals surface area contributed by atoms with Crippen LogP contribution < -0.4 is 14.8 Å². The number of hydrogen-bond acceptors (Lipinski definition) is 7. The molecule has 7 nitrogen and oxygen atoms in total. The molecular weight excluding hydrogens is 452 g/mol. The average Bonchev–Trinajstić information content (AvgIpc) is 3.54. The van der Waals surface area contributed by atoms with Gasteiger partial charge in [-0.05, 0) is 55.5 Å². The van der Waals surface area contributed by atoms with Crippen LogP contribution in [0.25, 0.3) is 0 Å². The Labute approximate surface area is 203 Å². The number of nitrogens with zero attached hydrogens (tertiary/aromatic N) is 1. The third kappa shape index (κ3) is 4.45. The van der Waals surface area contributed by atoms with Gasteiger partial charge in [-0.15, -0.1) is 11.3 Å². The van der Waals surface area contributed by atoms with Crippen LogP contribution >= 0.6 is 11.3 Å². The van der Waals surface area contributed by atoms with E-state index in [9.17, 15) is 4.79 Å². The minimum Gasteiger partial charge on any atom is -0.497 e. The summed E-state index contributed by atoms with van der Waals surface area (Å²) in [5, 5.41) is 4.07. The van der Waals surface area contributed by atoms with Crippen LogP contribution in [-0.2, 0) is 17.6 Å². The van der Waals surface area contributed by atoms with E-state index in [-0.39, 0.29) is 11.9 Å². The van der Waals surface area contributed by atoms with E-state index >= 15 is 0 Å². The summed E-state index contributed by atoms with van der Waals surface area (Å²) >= 11 is 1.70. The molecule has 1 aromatic carbocycles. The Bertz CT molecular complexity index is 1130. The van der Waals surface area contributed by atoms with Gasteiger partial charge < -0.3 is 23.9 Å². The molecule has 2 aromatic heterocycles. The van der Waals surface area contributed by atoms with Crippen molar-refractivity contribution in [2.45, 2.75) is 31.7 Å². The molecule has 0 bridgehead atoms. The zero-order valence-corrected chi connectivity index (χ0v) is 20.4. The van der Waals surface area contributed by atoms with Crippen LogP contribution in [0.2, 0.25) is 0 Å². The summed E-state index contributed by atoms with van der Waals surface area (Å²) in [4.78, 5) is 16.8. The molecule has 1 amide bonds. The van der Waals surface area contributed by atoms with Crippen LogP contribution in [0.5, 0.6) is 11.5 Å². The molecule has 0 saturated carbocycles. The van der Waals surface area contributed by atoms with Crippen LogP contribution in [0.4, 0.5) is 5.00 Å². The predicted molar refractivity (Wildman–Crippen MR) is 131 cm³/mol. The maximum absolute atomic E-state index is 13.0. The number of hydrogen-bond donors (Lipinski definition) is 1. The van der Waals surface area contributed by atoms with Crippen molar-refractivity contribution in [1.82, 2.24) is 4.90 Å².